The number of carboxylic acids is 1. The number of benzene rings is 1. The molecule has 2 rings (SSSR count). The number of halogens is 1. The summed E-state index contributed by atoms with van der Waals surface area (Å²) in [6.45, 7) is 7.49. The van der Waals surface area contributed by atoms with Crippen LogP contribution in [0.25, 0.3) is 0 Å². The largest absolute Gasteiger partial charge is 0.481 e. The summed E-state index contributed by atoms with van der Waals surface area (Å²) >= 11 is 0. The van der Waals surface area contributed by atoms with Crippen molar-refractivity contribution in [3.63, 3.8) is 0 Å². The molecule has 0 spiro atoms. The number of rotatable bonds is 2. The van der Waals surface area contributed by atoms with E-state index in [2.05, 4.69) is 25.7 Å². The van der Waals surface area contributed by atoms with Crippen LogP contribution in [-0.2, 0) is 4.79 Å². The van der Waals surface area contributed by atoms with Gasteiger partial charge >= 0.3 is 5.97 Å². The molecule has 1 heterocycles. The number of likely N-dealkylation sites (tertiary alicyclic amines) is 1. The smallest absolute Gasteiger partial charge is 0.308 e. The SMILES string of the molecule is CC(C)(C)N1C[C@H](C(=O)O)[C@@H](c2ccc(F)cc2)C1. The van der Waals surface area contributed by atoms with Crippen LogP contribution in [0.3, 0.4) is 0 Å². The first-order chi connectivity index (χ1) is 8.79. The number of hydrogen-bond donors (Lipinski definition) is 1. The lowest BCUT2D eigenvalue weighted by Crippen LogP contribution is -2.40. The highest BCUT2D eigenvalue weighted by atomic mass is 19.1. The van der Waals surface area contributed by atoms with Crippen LogP contribution in [0.15, 0.2) is 24.3 Å². The molecule has 1 N–H and O–H groups in total. The van der Waals surface area contributed by atoms with Gasteiger partial charge in [0.05, 0.1) is 5.92 Å². The fourth-order valence-corrected chi connectivity index (χ4v) is 2.65. The third-order valence-corrected chi connectivity index (χ3v) is 3.88. The molecule has 1 aliphatic heterocycles. The molecule has 0 radical (unpaired) electrons. The lowest BCUT2D eigenvalue weighted by atomic mass is 9.89. The topological polar surface area (TPSA) is 40.5 Å². The van der Waals surface area contributed by atoms with Crippen molar-refractivity contribution in [1.82, 2.24) is 4.90 Å². The summed E-state index contributed by atoms with van der Waals surface area (Å²) in [7, 11) is 0. The minimum atomic E-state index is -0.777. The quantitative estimate of drug-likeness (QED) is 0.894. The number of nitrogens with zero attached hydrogens (tertiary/aromatic N) is 1. The molecule has 1 aromatic rings. The van der Waals surface area contributed by atoms with Gasteiger partial charge in [0, 0.05) is 24.5 Å². The summed E-state index contributed by atoms with van der Waals surface area (Å²) in [5, 5.41) is 9.38. The monoisotopic (exact) mass is 265 g/mol. The first-order valence-corrected chi connectivity index (χ1v) is 6.52. The van der Waals surface area contributed by atoms with Crippen LogP contribution in [0.4, 0.5) is 4.39 Å². The Kier molecular flexibility index (Phi) is 3.63. The van der Waals surface area contributed by atoms with Gasteiger partial charge < -0.3 is 5.11 Å². The van der Waals surface area contributed by atoms with Gasteiger partial charge in [0.25, 0.3) is 0 Å². The van der Waals surface area contributed by atoms with Gasteiger partial charge in [-0.2, -0.15) is 0 Å². The van der Waals surface area contributed by atoms with E-state index in [-0.39, 0.29) is 17.3 Å². The third kappa shape index (κ3) is 2.95. The first kappa shape index (κ1) is 14.0. The Morgan fingerprint density at radius 2 is 1.84 bits per heavy atom. The average Bonchev–Trinajstić information content (AvgIpc) is 2.74. The minimum Gasteiger partial charge on any atom is -0.481 e. The summed E-state index contributed by atoms with van der Waals surface area (Å²) in [6, 6.07) is 6.19. The van der Waals surface area contributed by atoms with Gasteiger partial charge in [-0.1, -0.05) is 12.1 Å². The summed E-state index contributed by atoms with van der Waals surface area (Å²) in [5.41, 5.74) is 0.850. The Morgan fingerprint density at radius 1 is 1.26 bits per heavy atom. The van der Waals surface area contributed by atoms with Gasteiger partial charge in [-0.15, -0.1) is 0 Å². The van der Waals surface area contributed by atoms with Crippen LogP contribution >= 0.6 is 0 Å². The molecule has 0 unspecified atom stereocenters. The summed E-state index contributed by atoms with van der Waals surface area (Å²) in [6.07, 6.45) is 0. The van der Waals surface area contributed by atoms with Crippen molar-refractivity contribution in [3.05, 3.63) is 35.6 Å². The zero-order valence-corrected chi connectivity index (χ0v) is 11.6. The lowest BCUT2D eigenvalue weighted by molar-refractivity contribution is -0.141. The molecule has 3 nitrogen and oxygen atoms in total. The van der Waals surface area contributed by atoms with E-state index in [0.717, 1.165) is 5.56 Å². The molecule has 2 atom stereocenters. The molecular formula is C15H20FNO2. The van der Waals surface area contributed by atoms with E-state index >= 15 is 0 Å². The zero-order valence-electron chi connectivity index (χ0n) is 11.6. The summed E-state index contributed by atoms with van der Waals surface area (Å²) in [4.78, 5) is 13.6. The van der Waals surface area contributed by atoms with Gasteiger partial charge in [-0.05, 0) is 38.5 Å². The van der Waals surface area contributed by atoms with Crippen LogP contribution in [0.1, 0.15) is 32.3 Å². The van der Waals surface area contributed by atoms with Gasteiger partial charge in [0.1, 0.15) is 5.82 Å². The lowest BCUT2D eigenvalue weighted by Gasteiger charge is -2.31. The summed E-state index contributed by atoms with van der Waals surface area (Å²) in [5.74, 6) is -1.57. The molecule has 1 fully saturated rings. The molecule has 0 bridgehead atoms. The van der Waals surface area contributed by atoms with Crippen LogP contribution in [0.5, 0.6) is 0 Å². The fraction of sp³-hybridized carbons (Fsp3) is 0.533. The van der Waals surface area contributed by atoms with Gasteiger partial charge in [0.2, 0.25) is 0 Å². The second-order valence-electron chi connectivity index (χ2n) is 6.18. The van der Waals surface area contributed by atoms with Crippen LogP contribution in [-0.4, -0.2) is 34.6 Å². The van der Waals surface area contributed by atoms with Gasteiger partial charge in [-0.3, -0.25) is 9.69 Å². The Morgan fingerprint density at radius 3 is 2.32 bits per heavy atom. The fourth-order valence-electron chi connectivity index (χ4n) is 2.65. The van der Waals surface area contributed by atoms with Crippen LogP contribution in [0, 0.1) is 11.7 Å². The van der Waals surface area contributed by atoms with E-state index in [9.17, 15) is 14.3 Å². The normalized spacial score (nSPS) is 24.6. The predicted molar refractivity (Wildman–Crippen MR) is 71.6 cm³/mol. The Hall–Kier alpha value is -1.42. The maximum absolute atomic E-state index is 13.0. The van der Waals surface area contributed by atoms with E-state index in [1.54, 1.807) is 12.1 Å². The van der Waals surface area contributed by atoms with E-state index in [0.29, 0.717) is 13.1 Å². The minimum absolute atomic E-state index is 0.0531. The van der Waals surface area contributed by atoms with Crippen molar-refractivity contribution in [2.24, 2.45) is 5.92 Å². The highest BCUT2D eigenvalue weighted by Crippen LogP contribution is 2.36. The molecule has 1 aliphatic rings. The Balaban J connectivity index is 2.27. The molecule has 0 aliphatic carbocycles. The summed E-state index contributed by atoms with van der Waals surface area (Å²) < 4.78 is 13.0. The Bertz CT molecular complexity index is 464. The average molecular weight is 265 g/mol. The van der Waals surface area contributed by atoms with Crippen LogP contribution in [0.2, 0.25) is 0 Å². The third-order valence-electron chi connectivity index (χ3n) is 3.88. The number of aliphatic carboxylic acids is 1. The molecule has 0 saturated carbocycles. The van der Waals surface area contributed by atoms with Gasteiger partial charge in [-0.25, -0.2) is 4.39 Å². The maximum Gasteiger partial charge on any atom is 0.308 e. The van der Waals surface area contributed by atoms with Crippen molar-refractivity contribution in [2.75, 3.05) is 13.1 Å². The highest BCUT2D eigenvalue weighted by Gasteiger charge is 2.41. The number of carboxylic acid groups (broad SMARTS) is 1. The van der Waals surface area contributed by atoms with E-state index < -0.39 is 11.9 Å². The highest BCUT2D eigenvalue weighted by molar-refractivity contribution is 5.72. The van der Waals surface area contributed by atoms with Crippen molar-refractivity contribution >= 4 is 5.97 Å². The maximum atomic E-state index is 13.0. The molecule has 0 aromatic heterocycles. The molecule has 104 valence electrons. The van der Waals surface area contributed by atoms with E-state index in [1.165, 1.54) is 12.1 Å². The van der Waals surface area contributed by atoms with Crippen molar-refractivity contribution in [2.45, 2.75) is 32.2 Å². The molecule has 4 heteroatoms. The first-order valence-electron chi connectivity index (χ1n) is 6.52. The van der Waals surface area contributed by atoms with Gasteiger partial charge in [0.15, 0.2) is 0 Å². The molecule has 19 heavy (non-hydrogen) atoms. The Labute approximate surface area is 113 Å². The standard InChI is InChI=1S/C15H20FNO2/c1-15(2,3)17-8-12(13(9-17)14(18)19)10-4-6-11(16)7-5-10/h4-7,12-13H,8-9H2,1-3H3,(H,18,19)/t12-,13+/m1/s1. The molecular weight excluding hydrogens is 245 g/mol. The molecule has 1 saturated heterocycles. The van der Waals surface area contributed by atoms with E-state index in [1.807, 2.05) is 0 Å². The van der Waals surface area contributed by atoms with Crippen molar-refractivity contribution in [3.8, 4) is 0 Å². The van der Waals surface area contributed by atoms with Crippen molar-refractivity contribution in [1.29, 1.82) is 0 Å². The predicted octanol–water partition coefficient (Wildman–Crippen LogP) is 2.72. The zero-order chi connectivity index (χ0) is 14.2. The second-order valence-corrected chi connectivity index (χ2v) is 6.18. The second kappa shape index (κ2) is 4.93. The van der Waals surface area contributed by atoms with Crippen molar-refractivity contribution < 1.29 is 14.3 Å². The number of hydrogen-bond acceptors (Lipinski definition) is 2. The van der Waals surface area contributed by atoms with E-state index in [4.69, 9.17) is 0 Å². The van der Waals surface area contributed by atoms with Crippen LogP contribution < -0.4 is 0 Å². The molecule has 1 aromatic carbocycles. The number of carbonyl (C=O) groups is 1. The molecule has 0 amide bonds.